The molecule has 1 N–H and O–H groups in total. The van der Waals surface area contributed by atoms with Crippen LogP contribution in [0.3, 0.4) is 0 Å². The molecule has 1 aliphatic heterocycles. The molecule has 0 radical (unpaired) electrons. The Labute approximate surface area is 122 Å². The van der Waals surface area contributed by atoms with Crippen molar-refractivity contribution in [1.82, 2.24) is 10.2 Å². The summed E-state index contributed by atoms with van der Waals surface area (Å²) < 4.78 is 5.80. The lowest BCUT2D eigenvalue weighted by Crippen LogP contribution is -2.54. The van der Waals surface area contributed by atoms with Gasteiger partial charge >= 0.3 is 0 Å². The second-order valence-electron chi connectivity index (χ2n) is 5.39. The topological polar surface area (TPSA) is 24.5 Å². The number of rotatable bonds is 4. The Morgan fingerprint density at radius 2 is 1.95 bits per heavy atom. The highest BCUT2D eigenvalue weighted by Crippen LogP contribution is 2.12. The summed E-state index contributed by atoms with van der Waals surface area (Å²) in [6.45, 7) is 10.6. The molecule has 0 amide bonds. The molecule has 3 nitrogen and oxygen atoms in total. The van der Waals surface area contributed by atoms with Crippen LogP contribution in [0.1, 0.15) is 19.4 Å². The van der Waals surface area contributed by atoms with Crippen LogP contribution >= 0.6 is 12.4 Å². The second-order valence-corrected chi connectivity index (χ2v) is 5.39. The monoisotopic (exact) mass is 284 g/mol. The molecule has 1 aromatic rings. The first kappa shape index (κ1) is 16.3. The summed E-state index contributed by atoms with van der Waals surface area (Å²) >= 11 is 0. The van der Waals surface area contributed by atoms with E-state index in [1.807, 2.05) is 12.1 Å². The summed E-state index contributed by atoms with van der Waals surface area (Å²) in [4.78, 5) is 2.47. The van der Waals surface area contributed by atoms with Crippen LogP contribution in [0.2, 0.25) is 0 Å². The van der Waals surface area contributed by atoms with Crippen molar-refractivity contribution in [3.05, 3.63) is 29.8 Å². The molecule has 2 rings (SSSR count). The number of ether oxygens (including phenoxy) is 1. The van der Waals surface area contributed by atoms with Gasteiger partial charge in [-0.1, -0.05) is 12.1 Å². The molecule has 0 aromatic heterocycles. The normalized spacial score (nSPS) is 23.7. The van der Waals surface area contributed by atoms with E-state index in [1.54, 1.807) is 0 Å². The predicted molar refractivity (Wildman–Crippen MR) is 82.4 cm³/mol. The Morgan fingerprint density at radius 1 is 1.26 bits per heavy atom. The lowest BCUT2D eigenvalue weighted by molar-refractivity contribution is 0.146. The van der Waals surface area contributed by atoms with Gasteiger partial charge in [-0.05, 0) is 38.5 Å². The minimum absolute atomic E-state index is 0. The van der Waals surface area contributed by atoms with E-state index in [9.17, 15) is 0 Å². The Hall–Kier alpha value is -0.770. The van der Waals surface area contributed by atoms with Crippen molar-refractivity contribution in [2.24, 2.45) is 0 Å². The SMILES string of the molecule is Cc1cccc(OCCN2CC(C)NC(C)C2)c1.Cl. The average Bonchev–Trinajstić information content (AvgIpc) is 2.27. The maximum Gasteiger partial charge on any atom is 0.119 e. The fourth-order valence-electron chi connectivity index (χ4n) is 2.62. The van der Waals surface area contributed by atoms with Gasteiger partial charge in [-0.2, -0.15) is 0 Å². The van der Waals surface area contributed by atoms with E-state index in [4.69, 9.17) is 4.74 Å². The highest BCUT2D eigenvalue weighted by atomic mass is 35.5. The van der Waals surface area contributed by atoms with Gasteiger partial charge in [0, 0.05) is 31.7 Å². The number of nitrogens with one attached hydrogen (secondary N) is 1. The van der Waals surface area contributed by atoms with Crippen LogP contribution in [0, 0.1) is 6.92 Å². The highest BCUT2D eigenvalue weighted by molar-refractivity contribution is 5.85. The maximum atomic E-state index is 5.80. The number of nitrogens with zero attached hydrogens (tertiary/aromatic N) is 1. The van der Waals surface area contributed by atoms with E-state index in [2.05, 4.69) is 43.1 Å². The van der Waals surface area contributed by atoms with E-state index in [0.29, 0.717) is 12.1 Å². The number of aryl methyl sites for hydroxylation is 1. The van der Waals surface area contributed by atoms with Crippen molar-refractivity contribution in [3.63, 3.8) is 0 Å². The summed E-state index contributed by atoms with van der Waals surface area (Å²) in [6, 6.07) is 9.39. The minimum Gasteiger partial charge on any atom is -0.492 e. The number of piperazine rings is 1. The fourth-order valence-corrected chi connectivity index (χ4v) is 2.62. The molecule has 108 valence electrons. The van der Waals surface area contributed by atoms with Gasteiger partial charge in [0.25, 0.3) is 0 Å². The van der Waals surface area contributed by atoms with Gasteiger partial charge in [0.1, 0.15) is 12.4 Å². The van der Waals surface area contributed by atoms with Crippen molar-refractivity contribution in [2.75, 3.05) is 26.2 Å². The number of hydrogen-bond donors (Lipinski definition) is 1. The van der Waals surface area contributed by atoms with Gasteiger partial charge < -0.3 is 10.1 Å². The standard InChI is InChI=1S/C15H24N2O.ClH/c1-12-5-4-6-15(9-12)18-8-7-17-10-13(2)16-14(3)11-17;/h4-6,9,13-14,16H,7-8,10-11H2,1-3H3;1H. The van der Waals surface area contributed by atoms with Gasteiger partial charge in [0.15, 0.2) is 0 Å². The molecule has 4 heteroatoms. The first-order chi connectivity index (χ1) is 8.63. The van der Waals surface area contributed by atoms with Crippen LogP contribution in [0.4, 0.5) is 0 Å². The summed E-state index contributed by atoms with van der Waals surface area (Å²) in [7, 11) is 0. The van der Waals surface area contributed by atoms with Crippen LogP contribution in [0.15, 0.2) is 24.3 Å². The van der Waals surface area contributed by atoms with Crippen molar-refractivity contribution < 1.29 is 4.74 Å². The largest absolute Gasteiger partial charge is 0.492 e. The number of hydrogen-bond acceptors (Lipinski definition) is 3. The van der Waals surface area contributed by atoms with Crippen LogP contribution in [-0.2, 0) is 0 Å². The lowest BCUT2D eigenvalue weighted by Gasteiger charge is -2.35. The van der Waals surface area contributed by atoms with Gasteiger partial charge in [-0.3, -0.25) is 4.90 Å². The molecule has 0 aliphatic carbocycles. The molecule has 19 heavy (non-hydrogen) atoms. The fraction of sp³-hybridized carbons (Fsp3) is 0.600. The maximum absolute atomic E-state index is 5.80. The zero-order valence-corrected chi connectivity index (χ0v) is 12.9. The molecule has 0 saturated carbocycles. The molecule has 1 aliphatic rings. The molecule has 2 atom stereocenters. The first-order valence-corrected chi connectivity index (χ1v) is 6.81. The first-order valence-electron chi connectivity index (χ1n) is 6.81. The molecule has 0 spiro atoms. The van der Waals surface area contributed by atoms with Crippen LogP contribution in [0.25, 0.3) is 0 Å². The predicted octanol–water partition coefficient (Wildman–Crippen LogP) is 2.48. The third kappa shape index (κ3) is 5.39. The Kier molecular flexibility index (Phi) is 6.63. The van der Waals surface area contributed by atoms with E-state index in [-0.39, 0.29) is 12.4 Å². The zero-order chi connectivity index (χ0) is 13.0. The average molecular weight is 285 g/mol. The Morgan fingerprint density at radius 3 is 2.58 bits per heavy atom. The Balaban J connectivity index is 0.00000180. The molecule has 0 bridgehead atoms. The molecule has 1 heterocycles. The van der Waals surface area contributed by atoms with E-state index < -0.39 is 0 Å². The van der Waals surface area contributed by atoms with Gasteiger partial charge in [-0.25, -0.2) is 0 Å². The van der Waals surface area contributed by atoms with Crippen molar-refractivity contribution in [1.29, 1.82) is 0 Å². The number of benzene rings is 1. The summed E-state index contributed by atoms with van der Waals surface area (Å²) in [5.74, 6) is 0.978. The lowest BCUT2D eigenvalue weighted by atomic mass is 10.1. The third-order valence-electron chi connectivity index (χ3n) is 3.30. The molecule has 1 fully saturated rings. The summed E-state index contributed by atoms with van der Waals surface area (Å²) in [5.41, 5.74) is 1.25. The smallest absolute Gasteiger partial charge is 0.119 e. The summed E-state index contributed by atoms with van der Waals surface area (Å²) in [6.07, 6.45) is 0. The van der Waals surface area contributed by atoms with Gasteiger partial charge in [0.2, 0.25) is 0 Å². The van der Waals surface area contributed by atoms with Gasteiger partial charge in [0.05, 0.1) is 0 Å². The quantitative estimate of drug-likeness (QED) is 0.919. The van der Waals surface area contributed by atoms with Gasteiger partial charge in [-0.15, -0.1) is 12.4 Å². The zero-order valence-electron chi connectivity index (χ0n) is 12.1. The van der Waals surface area contributed by atoms with E-state index in [0.717, 1.165) is 32.0 Å². The van der Waals surface area contributed by atoms with E-state index >= 15 is 0 Å². The van der Waals surface area contributed by atoms with Crippen molar-refractivity contribution in [3.8, 4) is 5.75 Å². The van der Waals surface area contributed by atoms with E-state index in [1.165, 1.54) is 5.56 Å². The second kappa shape index (κ2) is 7.73. The third-order valence-corrected chi connectivity index (χ3v) is 3.30. The summed E-state index contributed by atoms with van der Waals surface area (Å²) in [5, 5.41) is 3.54. The van der Waals surface area contributed by atoms with Crippen LogP contribution in [-0.4, -0.2) is 43.2 Å². The number of halogens is 1. The molecular weight excluding hydrogens is 260 g/mol. The highest BCUT2D eigenvalue weighted by Gasteiger charge is 2.20. The Bertz CT molecular complexity index is 376. The molecule has 1 saturated heterocycles. The van der Waals surface area contributed by atoms with Crippen LogP contribution in [0.5, 0.6) is 5.75 Å². The molecular formula is C15H25ClN2O. The van der Waals surface area contributed by atoms with Crippen molar-refractivity contribution >= 4 is 12.4 Å². The molecule has 1 aromatic carbocycles. The van der Waals surface area contributed by atoms with Crippen molar-refractivity contribution in [2.45, 2.75) is 32.9 Å². The van der Waals surface area contributed by atoms with Crippen LogP contribution < -0.4 is 10.1 Å². The minimum atomic E-state index is 0. The molecule has 2 unspecified atom stereocenters.